The highest BCUT2D eigenvalue weighted by Crippen LogP contribution is 2.18. The van der Waals surface area contributed by atoms with Crippen molar-refractivity contribution >= 4 is 18.9 Å². The van der Waals surface area contributed by atoms with Gasteiger partial charge in [0.15, 0.2) is 5.75 Å². The van der Waals surface area contributed by atoms with E-state index < -0.39 is 5.97 Å². The number of carboxylic acid groups (broad SMARTS) is 1. The van der Waals surface area contributed by atoms with Crippen molar-refractivity contribution in [2.24, 2.45) is 0 Å². The first kappa shape index (κ1) is 7.94. The Bertz CT molecular complexity index is 272. The number of rotatable bonds is 2. The van der Waals surface area contributed by atoms with Gasteiger partial charge in [0.2, 0.25) is 0 Å². The van der Waals surface area contributed by atoms with Crippen LogP contribution in [-0.4, -0.2) is 11.1 Å². The Hall–Kier alpha value is -1.16. The predicted molar refractivity (Wildman–Crippen MR) is 43.0 cm³/mol. The lowest BCUT2D eigenvalue weighted by atomic mass is 10.2. The van der Waals surface area contributed by atoms with Gasteiger partial charge in [0.1, 0.15) is 5.56 Å². The van der Waals surface area contributed by atoms with Crippen LogP contribution in [-0.2, 0) is 0 Å². The highest BCUT2D eigenvalue weighted by Gasteiger charge is 2.08. The van der Waals surface area contributed by atoms with Crippen LogP contribution < -0.4 is 4.18 Å². The van der Waals surface area contributed by atoms with Crippen molar-refractivity contribution in [1.82, 2.24) is 0 Å². The molecule has 0 atom stereocenters. The van der Waals surface area contributed by atoms with Crippen molar-refractivity contribution in [3.63, 3.8) is 0 Å². The van der Waals surface area contributed by atoms with Gasteiger partial charge in [-0.1, -0.05) is 12.1 Å². The third-order valence-electron chi connectivity index (χ3n) is 1.22. The third-order valence-corrected chi connectivity index (χ3v) is 1.41. The van der Waals surface area contributed by atoms with Gasteiger partial charge in [0.25, 0.3) is 0 Å². The molecule has 0 unspecified atom stereocenters. The second-order valence-electron chi connectivity index (χ2n) is 1.89. The van der Waals surface area contributed by atoms with Crippen molar-refractivity contribution in [2.45, 2.75) is 0 Å². The van der Waals surface area contributed by atoms with Gasteiger partial charge in [-0.2, -0.15) is 0 Å². The minimum atomic E-state index is -1.02. The number of benzene rings is 1. The number of aromatic carboxylic acids is 1. The summed E-state index contributed by atoms with van der Waals surface area (Å²) in [4.78, 5) is 10.5. The van der Waals surface area contributed by atoms with Gasteiger partial charge < -0.3 is 9.29 Å². The van der Waals surface area contributed by atoms with E-state index in [2.05, 4.69) is 17.1 Å². The molecule has 1 aromatic rings. The summed E-state index contributed by atoms with van der Waals surface area (Å²) in [6.45, 7) is 0. The van der Waals surface area contributed by atoms with Gasteiger partial charge in [-0.25, -0.2) is 4.79 Å². The summed E-state index contributed by atoms with van der Waals surface area (Å²) in [5.74, 6) is -0.766. The average Bonchev–Trinajstić information content (AvgIpc) is 2.04. The summed E-state index contributed by atoms with van der Waals surface area (Å²) in [5, 5.41) is 8.58. The maximum atomic E-state index is 10.5. The maximum absolute atomic E-state index is 10.5. The van der Waals surface area contributed by atoms with Gasteiger partial charge in [-0.15, -0.1) is 0 Å². The lowest BCUT2D eigenvalue weighted by Gasteiger charge is -2.00. The molecule has 0 aliphatic rings. The second kappa shape index (κ2) is 3.30. The Balaban J connectivity index is 3.12. The van der Waals surface area contributed by atoms with E-state index in [-0.39, 0.29) is 11.3 Å². The van der Waals surface area contributed by atoms with Crippen LogP contribution in [0.2, 0.25) is 0 Å². The third kappa shape index (κ3) is 1.65. The maximum Gasteiger partial charge on any atom is 0.339 e. The first-order valence-corrected chi connectivity index (χ1v) is 3.26. The van der Waals surface area contributed by atoms with Crippen LogP contribution in [0.15, 0.2) is 24.3 Å². The molecule has 0 aliphatic carbocycles. The SMILES string of the molecule is O=C(O)c1ccccc1OS. The Kier molecular flexibility index (Phi) is 2.38. The molecule has 1 N–H and O–H groups in total. The van der Waals surface area contributed by atoms with Crippen LogP contribution in [0.25, 0.3) is 0 Å². The van der Waals surface area contributed by atoms with E-state index >= 15 is 0 Å². The number of hydrogen-bond donors (Lipinski definition) is 2. The zero-order valence-electron chi connectivity index (χ0n) is 5.52. The van der Waals surface area contributed by atoms with Crippen LogP contribution in [0.4, 0.5) is 0 Å². The molecular formula is C7H6O3S. The Labute approximate surface area is 69.2 Å². The van der Waals surface area contributed by atoms with Gasteiger partial charge in [0.05, 0.1) is 0 Å². The molecule has 0 spiro atoms. The van der Waals surface area contributed by atoms with Crippen LogP contribution in [0.3, 0.4) is 0 Å². The van der Waals surface area contributed by atoms with Crippen LogP contribution in [0, 0.1) is 0 Å². The molecule has 0 aliphatic heterocycles. The van der Waals surface area contributed by atoms with E-state index in [0.717, 1.165) is 0 Å². The Morgan fingerprint density at radius 3 is 2.55 bits per heavy atom. The molecule has 4 heteroatoms. The molecule has 0 fully saturated rings. The number of thiol groups is 1. The highest BCUT2D eigenvalue weighted by atomic mass is 32.1. The van der Waals surface area contributed by atoms with E-state index in [9.17, 15) is 4.79 Å². The normalized spacial score (nSPS) is 9.18. The quantitative estimate of drug-likeness (QED) is 0.523. The zero-order valence-corrected chi connectivity index (χ0v) is 6.41. The summed E-state index contributed by atoms with van der Waals surface area (Å²) in [6, 6.07) is 6.29. The Morgan fingerprint density at radius 2 is 2.09 bits per heavy atom. The number of carbonyl (C=O) groups is 1. The topological polar surface area (TPSA) is 46.5 Å². The fraction of sp³-hybridized carbons (Fsp3) is 0. The lowest BCUT2D eigenvalue weighted by molar-refractivity contribution is 0.0695. The lowest BCUT2D eigenvalue weighted by Crippen LogP contribution is -1.97. The molecule has 0 saturated carbocycles. The Morgan fingerprint density at radius 1 is 1.45 bits per heavy atom. The number of hydrogen-bond acceptors (Lipinski definition) is 3. The average molecular weight is 170 g/mol. The van der Waals surface area contributed by atoms with Crippen LogP contribution >= 0.6 is 12.9 Å². The molecule has 1 rings (SSSR count). The van der Waals surface area contributed by atoms with E-state index in [0.29, 0.717) is 0 Å². The molecule has 0 radical (unpaired) electrons. The molecule has 0 aromatic heterocycles. The smallest absolute Gasteiger partial charge is 0.339 e. The molecule has 0 bridgehead atoms. The van der Waals surface area contributed by atoms with Crippen LogP contribution in [0.5, 0.6) is 5.75 Å². The summed E-state index contributed by atoms with van der Waals surface area (Å²) in [5.41, 5.74) is 0.113. The molecule has 0 heterocycles. The highest BCUT2D eigenvalue weighted by molar-refractivity contribution is 7.75. The molecular weight excluding hydrogens is 164 g/mol. The van der Waals surface area contributed by atoms with E-state index in [1.807, 2.05) is 0 Å². The summed E-state index contributed by atoms with van der Waals surface area (Å²) in [6.07, 6.45) is 0. The zero-order chi connectivity index (χ0) is 8.27. The molecule has 58 valence electrons. The van der Waals surface area contributed by atoms with Crippen molar-refractivity contribution in [3.05, 3.63) is 29.8 Å². The fourth-order valence-electron chi connectivity index (χ4n) is 0.723. The minimum absolute atomic E-state index is 0.113. The first-order valence-electron chi connectivity index (χ1n) is 2.89. The molecule has 0 amide bonds. The van der Waals surface area contributed by atoms with Crippen LogP contribution in [0.1, 0.15) is 10.4 Å². The van der Waals surface area contributed by atoms with Gasteiger partial charge in [0, 0.05) is 12.9 Å². The van der Waals surface area contributed by atoms with Crippen molar-refractivity contribution < 1.29 is 14.1 Å². The fourth-order valence-corrected chi connectivity index (χ4v) is 0.882. The number of para-hydroxylation sites is 1. The molecule has 1 aromatic carbocycles. The van der Waals surface area contributed by atoms with Gasteiger partial charge >= 0.3 is 5.97 Å². The predicted octanol–water partition coefficient (Wildman–Crippen LogP) is 1.61. The van der Waals surface area contributed by atoms with E-state index in [1.165, 1.54) is 12.1 Å². The molecule has 3 nitrogen and oxygen atoms in total. The van der Waals surface area contributed by atoms with Gasteiger partial charge in [-0.05, 0) is 12.1 Å². The summed E-state index contributed by atoms with van der Waals surface area (Å²) >= 11 is 3.51. The second-order valence-corrected chi connectivity index (χ2v) is 2.08. The minimum Gasteiger partial charge on any atom is -0.478 e. The monoisotopic (exact) mass is 170 g/mol. The van der Waals surface area contributed by atoms with E-state index in [4.69, 9.17) is 5.11 Å². The van der Waals surface area contributed by atoms with Crippen molar-refractivity contribution in [1.29, 1.82) is 0 Å². The van der Waals surface area contributed by atoms with E-state index in [1.54, 1.807) is 12.1 Å². The number of carboxylic acids is 1. The first-order chi connectivity index (χ1) is 5.25. The standard InChI is InChI=1S/C7H6O3S/c8-7(9)5-3-1-2-4-6(5)10-11/h1-4,11H,(H,8,9). The molecule has 0 saturated heterocycles. The van der Waals surface area contributed by atoms with Crippen molar-refractivity contribution in [3.8, 4) is 5.75 Å². The summed E-state index contributed by atoms with van der Waals surface area (Å²) < 4.78 is 4.52. The summed E-state index contributed by atoms with van der Waals surface area (Å²) in [7, 11) is 0. The van der Waals surface area contributed by atoms with Gasteiger partial charge in [-0.3, -0.25) is 0 Å². The molecule has 11 heavy (non-hydrogen) atoms. The largest absolute Gasteiger partial charge is 0.478 e. The van der Waals surface area contributed by atoms with Crippen molar-refractivity contribution in [2.75, 3.05) is 0 Å².